The van der Waals surface area contributed by atoms with E-state index in [0.29, 0.717) is 31.8 Å². The van der Waals surface area contributed by atoms with E-state index >= 15 is 0 Å². The molecule has 6 nitrogen and oxygen atoms in total. The molecule has 1 aliphatic rings. The van der Waals surface area contributed by atoms with Crippen LogP contribution in [0.1, 0.15) is 35.8 Å². The molecule has 0 aromatic carbocycles. The van der Waals surface area contributed by atoms with Gasteiger partial charge in [0.1, 0.15) is 0 Å². The van der Waals surface area contributed by atoms with Crippen LogP contribution in [0.5, 0.6) is 0 Å². The average Bonchev–Trinajstić information content (AvgIpc) is 2.85. The van der Waals surface area contributed by atoms with Gasteiger partial charge in [-0.25, -0.2) is 0 Å². The Hall–Kier alpha value is -1.40. The molecule has 1 saturated heterocycles. The molecule has 1 aromatic heterocycles. The summed E-state index contributed by atoms with van der Waals surface area (Å²) in [7, 11) is 0. The van der Waals surface area contributed by atoms with Crippen molar-refractivity contribution in [1.29, 1.82) is 0 Å². The van der Waals surface area contributed by atoms with Crippen molar-refractivity contribution in [3.63, 3.8) is 0 Å². The molecule has 112 valence electrons. The van der Waals surface area contributed by atoms with E-state index in [4.69, 9.17) is 10.5 Å². The zero-order chi connectivity index (χ0) is 14.5. The topological polar surface area (TPSA) is 73.4 Å². The van der Waals surface area contributed by atoms with Crippen LogP contribution in [0.2, 0.25) is 0 Å². The number of carbonyl (C=O) groups excluding carboxylic acids is 1. The maximum Gasteiger partial charge on any atom is 0.257 e. The van der Waals surface area contributed by atoms with Crippen LogP contribution >= 0.6 is 0 Å². The van der Waals surface area contributed by atoms with E-state index in [-0.39, 0.29) is 12.0 Å². The van der Waals surface area contributed by atoms with Crippen molar-refractivity contribution in [2.75, 3.05) is 26.2 Å². The molecule has 1 fully saturated rings. The standard InChI is InChI=1S/C14H24N4O2/c1-3-12-10-17(7-8-20-12)14(19)13-9-16-18(11(13)2)6-4-5-15/h9,12H,3-8,10,15H2,1-2H3. The lowest BCUT2D eigenvalue weighted by Crippen LogP contribution is -2.45. The van der Waals surface area contributed by atoms with E-state index < -0.39 is 0 Å². The molecule has 0 bridgehead atoms. The Labute approximate surface area is 119 Å². The second kappa shape index (κ2) is 6.85. The van der Waals surface area contributed by atoms with Crippen LogP contribution in [0, 0.1) is 6.92 Å². The number of morpholine rings is 1. The number of ether oxygens (including phenoxy) is 1. The van der Waals surface area contributed by atoms with Gasteiger partial charge < -0.3 is 15.4 Å². The highest BCUT2D eigenvalue weighted by molar-refractivity contribution is 5.95. The first kappa shape index (κ1) is 15.0. The number of carbonyl (C=O) groups is 1. The van der Waals surface area contributed by atoms with Crippen molar-refractivity contribution in [1.82, 2.24) is 14.7 Å². The van der Waals surface area contributed by atoms with Crippen LogP contribution in [0.25, 0.3) is 0 Å². The Balaban J connectivity index is 2.07. The van der Waals surface area contributed by atoms with Gasteiger partial charge in [-0.05, 0) is 26.3 Å². The molecule has 2 rings (SSSR count). The minimum atomic E-state index is 0.0586. The molecule has 1 atom stereocenters. The third-order valence-electron chi connectivity index (χ3n) is 3.79. The number of nitrogens with zero attached hydrogens (tertiary/aromatic N) is 3. The quantitative estimate of drug-likeness (QED) is 0.865. The van der Waals surface area contributed by atoms with Crippen LogP contribution in [0.3, 0.4) is 0 Å². The van der Waals surface area contributed by atoms with E-state index in [0.717, 1.165) is 25.1 Å². The van der Waals surface area contributed by atoms with E-state index in [2.05, 4.69) is 12.0 Å². The highest BCUT2D eigenvalue weighted by Crippen LogP contribution is 2.15. The van der Waals surface area contributed by atoms with Crippen LogP contribution in [0.15, 0.2) is 6.20 Å². The lowest BCUT2D eigenvalue weighted by Gasteiger charge is -2.32. The first-order valence-corrected chi connectivity index (χ1v) is 7.30. The number of nitrogens with two attached hydrogens (primary N) is 1. The van der Waals surface area contributed by atoms with Gasteiger partial charge in [0.05, 0.1) is 24.5 Å². The Morgan fingerprint density at radius 3 is 3.10 bits per heavy atom. The zero-order valence-corrected chi connectivity index (χ0v) is 12.3. The molecule has 2 heterocycles. The summed E-state index contributed by atoms with van der Waals surface area (Å²) in [5.41, 5.74) is 7.12. The molecular formula is C14H24N4O2. The molecule has 0 spiro atoms. The summed E-state index contributed by atoms with van der Waals surface area (Å²) >= 11 is 0. The van der Waals surface area contributed by atoms with Crippen molar-refractivity contribution in [3.05, 3.63) is 17.5 Å². The van der Waals surface area contributed by atoms with Gasteiger partial charge >= 0.3 is 0 Å². The molecule has 0 saturated carbocycles. The van der Waals surface area contributed by atoms with Gasteiger partial charge in [-0.15, -0.1) is 0 Å². The Morgan fingerprint density at radius 1 is 1.60 bits per heavy atom. The van der Waals surface area contributed by atoms with Gasteiger partial charge in [0.25, 0.3) is 5.91 Å². The van der Waals surface area contributed by atoms with Crippen molar-refractivity contribution >= 4 is 5.91 Å². The van der Waals surface area contributed by atoms with E-state index in [1.54, 1.807) is 6.20 Å². The van der Waals surface area contributed by atoms with Crippen LogP contribution in [-0.2, 0) is 11.3 Å². The third-order valence-corrected chi connectivity index (χ3v) is 3.79. The Bertz CT molecular complexity index is 458. The lowest BCUT2D eigenvalue weighted by atomic mass is 10.1. The largest absolute Gasteiger partial charge is 0.375 e. The van der Waals surface area contributed by atoms with Gasteiger partial charge in [-0.1, -0.05) is 6.92 Å². The number of rotatable bonds is 5. The fourth-order valence-corrected chi connectivity index (χ4v) is 2.44. The molecular weight excluding hydrogens is 256 g/mol. The normalized spacial score (nSPS) is 19.4. The van der Waals surface area contributed by atoms with Crippen molar-refractivity contribution in [3.8, 4) is 0 Å². The molecule has 0 radical (unpaired) electrons. The second-order valence-electron chi connectivity index (χ2n) is 5.16. The molecule has 1 unspecified atom stereocenters. The van der Waals surface area contributed by atoms with Gasteiger partial charge in [0.2, 0.25) is 0 Å². The molecule has 20 heavy (non-hydrogen) atoms. The second-order valence-corrected chi connectivity index (χ2v) is 5.16. The fourth-order valence-electron chi connectivity index (χ4n) is 2.44. The first-order valence-electron chi connectivity index (χ1n) is 7.30. The predicted molar refractivity (Wildman–Crippen MR) is 76.6 cm³/mol. The van der Waals surface area contributed by atoms with E-state index in [9.17, 15) is 4.79 Å². The molecule has 2 N–H and O–H groups in total. The number of hydrogen-bond acceptors (Lipinski definition) is 4. The first-order chi connectivity index (χ1) is 9.67. The third kappa shape index (κ3) is 3.19. The van der Waals surface area contributed by atoms with E-state index in [1.165, 1.54) is 0 Å². The van der Waals surface area contributed by atoms with Crippen LogP contribution < -0.4 is 5.73 Å². The summed E-state index contributed by atoms with van der Waals surface area (Å²) in [6.07, 6.45) is 3.62. The Kier molecular flexibility index (Phi) is 5.14. The van der Waals surface area contributed by atoms with Gasteiger partial charge in [0, 0.05) is 25.3 Å². The molecule has 0 aliphatic carbocycles. The Morgan fingerprint density at radius 2 is 2.40 bits per heavy atom. The summed E-state index contributed by atoms with van der Waals surface area (Å²) < 4.78 is 7.46. The summed E-state index contributed by atoms with van der Waals surface area (Å²) in [4.78, 5) is 14.4. The predicted octanol–water partition coefficient (Wildman–Crippen LogP) is 0.791. The molecule has 1 aromatic rings. The van der Waals surface area contributed by atoms with E-state index in [1.807, 2.05) is 16.5 Å². The lowest BCUT2D eigenvalue weighted by molar-refractivity contribution is -0.0226. The van der Waals surface area contributed by atoms with Crippen molar-refractivity contribution in [2.45, 2.75) is 39.3 Å². The fraction of sp³-hybridized carbons (Fsp3) is 0.714. The van der Waals surface area contributed by atoms with Crippen molar-refractivity contribution < 1.29 is 9.53 Å². The maximum absolute atomic E-state index is 12.6. The molecule has 6 heteroatoms. The molecule has 1 amide bonds. The average molecular weight is 280 g/mol. The van der Waals surface area contributed by atoms with Crippen LogP contribution in [-0.4, -0.2) is 52.9 Å². The van der Waals surface area contributed by atoms with Gasteiger partial charge in [0.15, 0.2) is 0 Å². The number of hydrogen-bond donors (Lipinski definition) is 1. The van der Waals surface area contributed by atoms with Gasteiger partial charge in [-0.2, -0.15) is 5.10 Å². The van der Waals surface area contributed by atoms with Crippen LogP contribution in [0.4, 0.5) is 0 Å². The molecule has 1 aliphatic heterocycles. The minimum Gasteiger partial charge on any atom is -0.375 e. The highest BCUT2D eigenvalue weighted by atomic mass is 16.5. The SMILES string of the molecule is CCC1CN(C(=O)c2cnn(CCCN)c2C)CCO1. The maximum atomic E-state index is 12.6. The highest BCUT2D eigenvalue weighted by Gasteiger charge is 2.26. The zero-order valence-electron chi connectivity index (χ0n) is 12.3. The van der Waals surface area contributed by atoms with Crippen molar-refractivity contribution in [2.24, 2.45) is 5.73 Å². The monoisotopic (exact) mass is 280 g/mol. The summed E-state index contributed by atoms with van der Waals surface area (Å²) in [5, 5.41) is 4.29. The smallest absolute Gasteiger partial charge is 0.257 e. The summed E-state index contributed by atoms with van der Waals surface area (Å²) in [6.45, 7) is 7.35. The number of amides is 1. The number of aryl methyl sites for hydroxylation is 1. The number of aromatic nitrogens is 2. The summed E-state index contributed by atoms with van der Waals surface area (Å²) in [6, 6.07) is 0. The minimum absolute atomic E-state index is 0.0586. The summed E-state index contributed by atoms with van der Waals surface area (Å²) in [5.74, 6) is 0.0586. The van der Waals surface area contributed by atoms with Gasteiger partial charge in [-0.3, -0.25) is 9.48 Å².